The van der Waals surface area contributed by atoms with Crippen LogP contribution in [0.15, 0.2) is 12.5 Å². The number of rotatable bonds is 7. The van der Waals surface area contributed by atoms with E-state index >= 15 is 0 Å². The molecule has 4 aliphatic carbocycles. The van der Waals surface area contributed by atoms with Crippen molar-refractivity contribution in [3.8, 4) is 0 Å². The highest BCUT2D eigenvalue weighted by molar-refractivity contribution is 6.01. The van der Waals surface area contributed by atoms with E-state index in [2.05, 4.69) is 53.0 Å². The predicted molar refractivity (Wildman–Crippen MR) is 122 cm³/mol. The van der Waals surface area contributed by atoms with Crippen molar-refractivity contribution in [1.82, 2.24) is 24.6 Å². The molecule has 6 rings (SSSR count). The van der Waals surface area contributed by atoms with E-state index in [4.69, 9.17) is 0 Å². The number of anilines is 1. The summed E-state index contributed by atoms with van der Waals surface area (Å²) in [5, 5.41) is 8.62. The van der Waals surface area contributed by atoms with Gasteiger partial charge in [0.1, 0.15) is 12.1 Å². The summed E-state index contributed by atoms with van der Waals surface area (Å²) in [6.45, 7) is 10.6. The monoisotopic (exact) mass is 424 g/mol. The van der Waals surface area contributed by atoms with Crippen LogP contribution in [0.1, 0.15) is 66.2 Å². The SMILES string of the molecule is CC(C)N(CCn1ncc2c(NC(=O)C34CC5CC(CC(C5)C3)C4)ncnc21)C(C)C. The molecule has 7 heteroatoms. The minimum Gasteiger partial charge on any atom is -0.309 e. The normalized spacial score (nSPS) is 29.6. The van der Waals surface area contributed by atoms with E-state index in [0.29, 0.717) is 17.9 Å². The summed E-state index contributed by atoms with van der Waals surface area (Å²) < 4.78 is 1.94. The minimum absolute atomic E-state index is 0.171. The van der Waals surface area contributed by atoms with Crippen molar-refractivity contribution in [2.45, 2.75) is 84.8 Å². The second-order valence-electron chi connectivity index (χ2n) is 10.9. The fourth-order valence-electron chi connectivity index (χ4n) is 7.11. The molecule has 7 nitrogen and oxygen atoms in total. The highest BCUT2D eigenvalue weighted by Crippen LogP contribution is 2.60. The third-order valence-electron chi connectivity index (χ3n) is 8.08. The van der Waals surface area contributed by atoms with Gasteiger partial charge in [-0.2, -0.15) is 5.10 Å². The van der Waals surface area contributed by atoms with Crippen LogP contribution in [-0.2, 0) is 11.3 Å². The van der Waals surface area contributed by atoms with Crippen molar-refractivity contribution >= 4 is 22.8 Å². The Labute approximate surface area is 185 Å². The van der Waals surface area contributed by atoms with Gasteiger partial charge < -0.3 is 5.32 Å². The molecule has 0 saturated heterocycles. The van der Waals surface area contributed by atoms with Crippen molar-refractivity contribution in [3.05, 3.63) is 12.5 Å². The lowest BCUT2D eigenvalue weighted by atomic mass is 9.49. The second-order valence-corrected chi connectivity index (χ2v) is 10.9. The van der Waals surface area contributed by atoms with Crippen molar-refractivity contribution in [1.29, 1.82) is 0 Å². The Balaban J connectivity index is 1.34. The third-order valence-corrected chi connectivity index (χ3v) is 8.08. The zero-order chi connectivity index (χ0) is 21.8. The molecular formula is C24H36N6O. The van der Waals surface area contributed by atoms with E-state index in [1.165, 1.54) is 19.3 Å². The first-order valence-electron chi connectivity index (χ1n) is 12.1. The molecular weight excluding hydrogens is 388 g/mol. The molecule has 31 heavy (non-hydrogen) atoms. The van der Waals surface area contributed by atoms with Gasteiger partial charge in [-0.25, -0.2) is 14.6 Å². The van der Waals surface area contributed by atoms with Gasteiger partial charge >= 0.3 is 0 Å². The Hall–Kier alpha value is -2.02. The van der Waals surface area contributed by atoms with E-state index in [9.17, 15) is 4.79 Å². The van der Waals surface area contributed by atoms with Gasteiger partial charge in [0.25, 0.3) is 0 Å². The summed E-state index contributed by atoms with van der Waals surface area (Å²) in [6, 6.07) is 0.957. The number of hydrogen-bond acceptors (Lipinski definition) is 5. The molecule has 1 N–H and O–H groups in total. The summed E-state index contributed by atoms with van der Waals surface area (Å²) in [5.74, 6) is 3.02. The third kappa shape index (κ3) is 3.75. The second kappa shape index (κ2) is 7.84. The molecule has 1 amide bonds. The maximum atomic E-state index is 13.5. The molecule has 2 heterocycles. The Morgan fingerprint density at radius 2 is 1.71 bits per heavy atom. The molecule has 4 bridgehead atoms. The van der Waals surface area contributed by atoms with Crippen molar-refractivity contribution in [2.24, 2.45) is 23.2 Å². The molecule has 0 aliphatic heterocycles. The minimum atomic E-state index is -0.183. The van der Waals surface area contributed by atoms with E-state index in [1.807, 2.05) is 4.68 Å². The number of carbonyl (C=O) groups is 1. The lowest BCUT2D eigenvalue weighted by molar-refractivity contribution is -0.140. The van der Waals surface area contributed by atoms with Crippen LogP contribution >= 0.6 is 0 Å². The van der Waals surface area contributed by atoms with Gasteiger partial charge in [0.2, 0.25) is 5.91 Å². The van der Waals surface area contributed by atoms with Gasteiger partial charge in [0, 0.05) is 18.6 Å². The maximum absolute atomic E-state index is 13.5. The number of amides is 1. The summed E-state index contributed by atoms with van der Waals surface area (Å²) >= 11 is 0. The quantitative estimate of drug-likeness (QED) is 0.724. The van der Waals surface area contributed by atoms with E-state index in [0.717, 1.165) is 61.1 Å². The van der Waals surface area contributed by atoms with Crippen LogP contribution in [0, 0.1) is 23.2 Å². The topological polar surface area (TPSA) is 75.9 Å². The van der Waals surface area contributed by atoms with Crippen LogP contribution in [0.4, 0.5) is 5.82 Å². The molecule has 4 saturated carbocycles. The standard InChI is InChI=1S/C24H36N6O/c1-15(2)29(16(3)4)5-6-30-22-20(13-27-30)21(25-14-26-22)28-23(31)24-10-17-7-18(11-24)9-19(8-17)12-24/h13-19H,5-12H2,1-4H3,(H,25,26,28,31). The van der Waals surface area contributed by atoms with E-state index < -0.39 is 0 Å². The zero-order valence-corrected chi connectivity index (χ0v) is 19.3. The lowest BCUT2D eigenvalue weighted by Crippen LogP contribution is -2.51. The predicted octanol–water partition coefficient (Wildman–Crippen LogP) is 4.10. The summed E-state index contributed by atoms with van der Waals surface area (Å²) in [6.07, 6.45) is 10.5. The number of hydrogen-bond donors (Lipinski definition) is 1. The van der Waals surface area contributed by atoms with Crippen LogP contribution in [0.3, 0.4) is 0 Å². The summed E-state index contributed by atoms with van der Waals surface area (Å²) in [7, 11) is 0. The largest absolute Gasteiger partial charge is 0.309 e. The van der Waals surface area contributed by atoms with Crippen molar-refractivity contribution in [3.63, 3.8) is 0 Å². The van der Waals surface area contributed by atoms with Crippen LogP contribution < -0.4 is 5.32 Å². The Morgan fingerprint density at radius 3 is 2.29 bits per heavy atom. The Bertz CT molecular complexity index is 921. The maximum Gasteiger partial charge on any atom is 0.231 e. The number of nitrogens with zero attached hydrogens (tertiary/aromatic N) is 5. The first kappa shape index (κ1) is 20.9. The molecule has 0 spiro atoms. The average Bonchev–Trinajstić information content (AvgIpc) is 3.11. The molecule has 0 unspecified atom stereocenters. The molecule has 0 aromatic carbocycles. The van der Waals surface area contributed by atoms with E-state index in [1.54, 1.807) is 12.5 Å². The molecule has 4 aliphatic rings. The Kier molecular flexibility index (Phi) is 5.27. The van der Waals surface area contributed by atoms with Crippen LogP contribution in [0.5, 0.6) is 0 Å². The van der Waals surface area contributed by atoms with Gasteiger partial charge in [0.05, 0.1) is 23.5 Å². The first-order chi connectivity index (χ1) is 14.8. The molecule has 4 fully saturated rings. The van der Waals surface area contributed by atoms with Crippen LogP contribution in [0.2, 0.25) is 0 Å². The molecule has 2 aromatic heterocycles. The molecule has 168 valence electrons. The smallest absolute Gasteiger partial charge is 0.231 e. The zero-order valence-electron chi connectivity index (χ0n) is 19.3. The molecule has 0 radical (unpaired) electrons. The van der Waals surface area contributed by atoms with Gasteiger partial charge in [-0.05, 0) is 84.0 Å². The fraction of sp³-hybridized carbons (Fsp3) is 0.750. The van der Waals surface area contributed by atoms with Gasteiger partial charge in [-0.3, -0.25) is 9.69 Å². The fourth-order valence-corrected chi connectivity index (χ4v) is 7.11. The average molecular weight is 425 g/mol. The Morgan fingerprint density at radius 1 is 1.10 bits per heavy atom. The van der Waals surface area contributed by atoms with Crippen molar-refractivity contribution < 1.29 is 4.79 Å². The molecule has 2 aromatic rings. The summed E-state index contributed by atoms with van der Waals surface area (Å²) in [4.78, 5) is 24.8. The highest BCUT2D eigenvalue weighted by atomic mass is 16.2. The lowest BCUT2D eigenvalue weighted by Gasteiger charge is -2.55. The van der Waals surface area contributed by atoms with Gasteiger partial charge in [-0.15, -0.1) is 0 Å². The van der Waals surface area contributed by atoms with Crippen molar-refractivity contribution in [2.75, 3.05) is 11.9 Å². The van der Waals surface area contributed by atoms with Crippen LogP contribution in [0.25, 0.3) is 11.0 Å². The van der Waals surface area contributed by atoms with E-state index in [-0.39, 0.29) is 11.3 Å². The highest BCUT2D eigenvalue weighted by Gasteiger charge is 2.54. The van der Waals surface area contributed by atoms with Crippen LogP contribution in [-0.4, -0.2) is 49.2 Å². The molecule has 0 atom stereocenters. The first-order valence-corrected chi connectivity index (χ1v) is 12.1. The van der Waals surface area contributed by atoms with Gasteiger partial charge in [-0.1, -0.05) is 0 Å². The number of aromatic nitrogens is 4. The number of fused-ring (bicyclic) bond motifs is 1. The number of carbonyl (C=O) groups excluding carboxylic acids is 1. The summed E-state index contributed by atoms with van der Waals surface area (Å²) in [5.41, 5.74) is 0.611. The number of nitrogens with one attached hydrogen (secondary N) is 1. The van der Waals surface area contributed by atoms with Gasteiger partial charge in [0.15, 0.2) is 5.65 Å².